The number of nitrogens with one attached hydrogen (secondary N) is 3. The summed E-state index contributed by atoms with van der Waals surface area (Å²) in [5.74, 6) is -3.40. The van der Waals surface area contributed by atoms with Crippen molar-refractivity contribution in [1.82, 2.24) is 16.0 Å². The molecule has 34 heavy (non-hydrogen) atoms. The Bertz CT molecular complexity index is 647. The van der Waals surface area contributed by atoms with Crippen LogP contribution in [0, 0.1) is 5.92 Å². The van der Waals surface area contributed by atoms with Crippen LogP contribution in [0.3, 0.4) is 0 Å². The number of rotatable bonds is 18. The second-order valence-corrected chi connectivity index (χ2v) is 8.67. The van der Waals surface area contributed by atoms with Gasteiger partial charge in [0.15, 0.2) is 0 Å². The fourth-order valence-corrected chi connectivity index (χ4v) is 3.22. The third-order valence-corrected chi connectivity index (χ3v) is 5.76. The monoisotopic (exact) mass is 488 g/mol. The molecule has 0 aromatic carbocycles. The molecule has 0 fully saturated rings. The van der Waals surface area contributed by atoms with Gasteiger partial charge in [0, 0.05) is 0 Å². The average Bonchev–Trinajstić information content (AvgIpc) is 2.79. The van der Waals surface area contributed by atoms with E-state index in [1.165, 1.54) is 6.92 Å². The van der Waals surface area contributed by atoms with Crippen molar-refractivity contribution in [3.8, 4) is 0 Å². The second-order valence-electron chi connectivity index (χ2n) is 8.67. The van der Waals surface area contributed by atoms with Gasteiger partial charge in [0.2, 0.25) is 17.7 Å². The lowest BCUT2D eigenvalue weighted by molar-refractivity contribution is -0.144. The van der Waals surface area contributed by atoms with Crippen LogP contribution >= 0.6 is 0 Å². The molecule has 11 N–H and O–H groups in total. The van der Waals surface area contributed by atoms with Crippen molar-refractivity contribution in [2.24, 2.45) is 23.1 Å². The van der Waals surface area contributed by atoms with Gasteiger partial charge in [-0.25, -0.2) is 4.79 Å². The van der Waals surface area contributed by atoms with Crippen LogP contribution in [0.25, 0.3) is 0 Å². The van der Waals surface area contributed by atoms with Crippen molar-refractivity contribution in [2.75, 3.05) is 13.1 Å². The maximum absolute atomic E-state index is 13.0. The van der Waals surface area contributed by atoms with Gasteiger partial charge in [0.05, 0.1) is 6.10 Å². The summed E-state index contributed by atoms with van der Waals surface area (Å²) in [4.78, 5) is 49.9. The van der Waals surface area contributed by atoms with Gasteiger partial charge in [0.25, 0.3) is 0 Å². The standard InChI is InChI=1S/C22H44N6O6/c1-4-13(2)18(22(33)34)28-20(31)16(10-6-8-12-24)26-19(30)15(9-5-7-11-23)27-21(32)17(25)14(3)29/h13-18,29H,4-12,23-25H2,1-3H3,(H,26,30)(H,27,32)(H,28,31)(H,33,34). The van der Waals surface area contributed by atoms with Crippen LogP contribution in [-0.2, 0) is 19.2 Å². The van der Waals surface area contributed by atoms with E-state index in [1.807, 2.05) is 6.92 Å². The Balaban J connectivity index is 5.56. The van der Waals surface area contributed by atoms with Crippen molar-refractivity contribution in [2.45, 2.75) is 96.0 Å². The Kier molecular flexibility index (Phi) is 16.0. The molecule has 3 amide bonds. The predicted molar refractivity (Wildman–Crippen MR) is 128 cm³/mol. The number of carboxylic acids is 1. The molecule has 6 unspecified atom stereocenters. The molecule has 0 spiro atoms. The summed E-state index contributed by atoms with van der Waals surface area (Å²) >= 11 is 0. The minimum Gasteiger partial charge on any atom is -0.480 e. The van der Waals surface area contributed by atoms with E-state index in [9.17, 15) is 29.4 Å². The third kappa shape index (κ3) is 11.7. The molecule has 12 heteroatoms. The van der Waals surface area contributed by atoms with E-state index in [-0.39, 0.29) is 18.8 Å². The lowest BCUT2D eigenvalue weighted by atomic mass is 9.98. The molecule has 0 saturated heterocycles. The number of hydrogen-bond donors (Lipinski definition) is 8. The number of amides is 3. The lowest BCUT2D eigenvalue weighted by Gasteiger charge is -2.27. The van der Waals surface area contributed by atoms with Gasteiger partial charge in [-0.05, 0) is 64.5 Å². The second kappa shape index (κ2) is 17.2. The maximum Gasteiger partial charge on any atom is 0.326 e. The van der Waals surface area contributed by atoms with Crippen LogP contribution in [0.15, 0.2) is 0 Å². The van der Waals surface area contributed by atoms with Crippen LogP contribution in [0.2, 0.25) is 0 Å². The minimum atomic E-state index is -1.22. The highest BCUT2D eigenvalue weighted by molar-refractivity contribution is 5.94. The molecule has 0 saturated carbocycles. The zero-order chi connectivity index (χ0) is 26.3. The summed E-state index contributed by atoms with van der Waals surface area (Å²) in [6.45, 7) is 5.71. The van der Waals surface area contributed by atoms with Gasteiger partial charge in [0.1, 0.15) is 24.2 Å². The van der Waals surface area contributed by atoms with Gasteiger partial charge in [-0.1, -0.05) is 20.3 Å². The Morgan fingerprint density at radius 1 is 0.794 bits per heavy atom. The fourth-order valence-electron chi connectivity index (χ4n) is 3.22. The smallest absolute Gasteiger partial charge is 0.326 e. The van der Waals surface area contributed by atoms with Crippen LogP contribution in [-0.4, -0.2) is 77.3 Å². The summed E-state index contributed by atoms with van der Waals surface area (Å²) in [7, 11) is 0. The quantitative estimate of drug-likeness (QED) is 0.105. The first-order valence-electron chi connectivity index (χ1n) is 12.0. The molecular weight excluding hydrogens is 444 g/mol. The summed E-state index contributed by atoms with van der Waals surface area (Å²) in [5.41, 5.74) is 16.7. The Hall–Kier alpha value is -2.28. The number of unbranched alkanes of at least 4 members (excludes halogenated alkanes) is 2. The first kappa shape index (κ1) is 31.7. The van der Waals surface area contributed by atoms with Gasteiger partial charge in [-0.3, -0.25) is 14.4 Å². The van der Waals surface area contributed by atoms with Crippen LogP contribution in [0.1, 0.15) is 65.7 Å². The summed E-state index contributed by atoms with van der Waals surface area (Å²) in [6.07, 6.45) is 2.24. The average molecular weight is 489 g/mol. The van der Waals surface area contributed by atoms with Gasteiger partial charge < -0.3 is 43.4 Å². The van der Waals surface area contributed by atoms with Crippen molar-refractivity contribution in [1.29, 1.82) is 0 Å². The molecule has 0 heterocycles. The molecular formula is C22H44N6O6. The van der Waals surface area contributed by atoms with Crippen molar-refractivity contribution in [3.05, 3.63) is 0 Å². The number of carbonyl (C=O) groups excluding carboxylic acids is 3. The first-order chi connectivity index (χ1) is 16.0. The number of aliphatic carboxylic acids is 1. The Morgan fingerprint density at radius 3 is 1.62 bits per heavy atom. The molecule has 6 atom stereocenters. The minimum absolute atomic E-state index is 0.248. The topological polar surface area (TPSA) is 223 Å². The number of carbonyl (C=O) groups is 4. The Morgan fingerprint density at radius 2 is 1.24 bits per heavy atom. The summed E-state index contributed by atoms with van der Waals surface area (Å²) in [6, 6.07) is -4.33. The van der Waals surface area contributed by atoms with Crippen LogP contribution < -0.4 is 33.2 Å². The Labute approximate surface area is 201 Å². The zero-order valence-electron chi connectivity index (χ0n) is 20.6. The van der Waals surface area contributed by atoms with E-state index < -0.39 is 54.0 Å². The fraction of sp³-hybridized carbons (Fsp3) is 0.818. The number of nitrogens with two attached hydrogens (primary N) is 3. The van der Waals surface area contributed by atoms with E-state index in [4.69, 9.17) is 17.2 Å². The molecule has 0 aliphatic heterocycles. The first-order valence-corrected chi connectivity index (χ1v) is 12.0. The highest BCUT2D eigenvalue weighted by Gasteiger charge is 2.32. The summed E-state index contributed by atoms with van der Waals surface area (Å²) in [5, 5.41) is 26.8. The van der Waals surface area contributed by atoms with Crippen LogP contribution in [0.5, 0.6) is 0 Å². The van der Waals surface area contributed by atoms with Crippen LogP contribution in [0.4, 0.5) is 0 Å². The molecule has 198 valence electrons. The molecule has 0 aliphatic rings. The number of aliphatic hydroxyl groups is 1. The largest absolute Gasteiger partial charge is 0.480 e. The van der Waals surface area contributed by atoms with Crippen molar-refractivity contribution < 1.29 is 29.4 Å². The van der Waals surface area contributed by atoms with E-state index in [0.29, 0.717) is 45.2 Å². The lowest BCUT2D eigenvalue weighted by Crippen LogP contribution is -2.58. The van der Waals surface area contributed by atoms with E-state index in [0.717, 1.165) is 0 Å². The molecule has 12 nitrogen and oxygen atoms in total. The van der Waals surface area contributed by atoms with E-state index in [2.05, 4.69) is 16.0 Å². The maximum atomic E-state index is 13.0. The molecule has 0 aromatic rings. The normalized spacial score (nSPS) is 16.4. The summed E-state index contributed by atoms with van der Waals surface area (Å²) < 4.78 is 0. The van der Waals surface area contributed by atoms with Gasteiger partial charge in [-0.2, -0.15) is 0 Å². The van der Waals surface area contributed by atoms with Gasteiger partial charge >= 0.3 is 5.97 Å². The van der Waals surface area contributed by atoms with E-state index in [1.54, 1.807) is 6.92 Å². The molecule has 0 aromatic heterocycles. The van der Waals surface area contributed by atoms with Crippen molar-refractivity contribution in [3.63, 3.8) is 0 Å². The number of hydrogen-bond acceptors (Lipinski definition) is 8. The third-order valence-electron chi connectivity index (χ3n) is 5.76. The highest BCUT2D eigenvalue weighted by Crippen LogP contribution is 2.10. The van der Waals surface area contributed by atoms with Crippen molar-refractivity contribution >= 4 is 23.7 Å². The van der Waals surface area contributed by atoms with Gasteiger partial charge in [-0.15, -0.1) is 0 Å². The molecule has 0 aliphatic carbocycles. The predicted octanol–water partition coefficient (Wildman–Crippen LogP) is -1.46. The SMILES string of the molecule is CCC(C)C(NC(=O)C(CCCCN)NC(=O)C(CCCCN)NC(=O)C(N)C(C)O)C(=O)O. The highest BCUT2D eigenvalue weighted by atomic mass is 16.4. The zero-order valence-corrected chi connectivity index (χ0v) is 20.6. The molecule has 0 radical (unpaired) electrons. The number of carboxylic acid groups (broad SMARTS) is 1. The molecule has 0 bridgehead atoms. The number of aliphatic hydroxyl groups excluding tert-OH is 1. The molecule has 0 rings (SSSR count). The van der Waals surface area contributed by atoms with E-state index >= 15 is 0 Å².